The minimum atomic E-state index is -1.25. The van der Waals surface area contributed by atoms with E-state index in [0.29, 0.717) is 12.4 Å². The fourth-order valence-corrected chi connectivity index (χ4v) is 2.60. The Kier molecular flexibility index (Phi) is 6.64. The van der Waals surface area contributed by atoms with Gasteiger partial charge in [-0.2, -0.15) is 0 Å². The van der Waals surface area contributed by atoms with Gasteiger partial charge in [0.1, 0.15) is 34.7 Å². The first-order chi connectivity index (χ1) is 9.58. The van der Waals surface area contributed by atoms with Gasteiger partial charge in [0.25, 0.3) is 0 Å². The average Bonchev–Trinajstić information content (AvgIpc) is 2.77. The van der Waals surface area contributed by atoms with Gasteiger partial charge < -0.3 is 13.9 Å². The molecule has 1 aromatic rings. The van der Waals surface area contributed by atoms with Crippen LogP contribution in [-0.4, -0.2) is 39.7 Å². The SMILES string of the molecule is CC(C)(C)[S+]([O-])/N=C/c1cn(COCC[Si](C)(C)C)cn1. The van der Waals surface area contributed by atoms with Gasteiger partial charge in [-0.15, -0.1) is 0 Å². The monoisotopic (exact) mass is 329 g/mol. The summed E-state index contributed by atoms with van der Waals surface area (Å²) in [5.74, 6) is 0. The number of nitrogens with zero attached hydrogens (tertiary/aromatic N) is 3. The summed E-state index contributed by atoms with van der Waals surface area (Å²) >= 11 is -1.25. The molecule has 0 aliphatic heterocycles. The fourth-order valence-electron chi connectivity index (χ4n) is 1.32. The second-order valence-electron chi connectivity index (χ2n) is 7.26. The van der Waals surface area contributed by atoms with Crippen molar-refractivity contribution in [2.75, 3.05) is 6.61 Å². The molecule has 0 radical (unpaired) electrons. The predicted octanol–water partition coefficient (Wildman–Crippen LogP) is 3.08. The smallest absolute Gasteiger partial charge is 0.144 e. The highest BCUT2D eigenvalue weighted by Crippen LogP contribution is 2.16. The molecule has 0 spiro atoms. The fraction of sp³-hybridized carbons (Fsp3) is 0.714. The molecule has 0 bridgehead atoms. The number of hydrogen-bond donors (Lipinski definition) is 0. The van der Waals surface area contributed by atoms with E-state index < -0.39 is 19.4 Å². The van der Waals surface area contributed by atoms with Crippen LogP contribution in [0.15, 0.2) is 16.9 Å². The van der Waals surface area contributed by atoms with Crippen LogP contribution in [0.3, 0.4) is 0 Å². The van der Waals surface area contributed by atoms with E-state index >= 15 is 0 Å². The molecule has 1 rings (SSSR count). The molecule has 1 aromatic heterocycles. The molecule has 120 valence electrons. The maximum absolute atomic E-state index is 11.8. The Balaban J connectivity index is 2.41. The third-order valence-electron chi connectivity index (χ3n) is 2.69. The Bertz CT molecular complexity index is 464. The molecule has 0 aliphatic rings. The molecule has 0 N–H and O–H groups in total. The summed E-state index contributed by atoms with van der Waals surface area (Å²) in [5.41, 5.74) is 0.696. The van der Waals surface area contributed by atoms with E-state index in [4.69, 9.17) is 4.74 Å². The molecular formula is C14H27N3O2SSi. The highest BCUT2D eigenvalue weighted by Gasteiger charge is 2.25. The van der Waals surface area contributed by atoms with E-state index in [-0.39, 0.29) is 4.75 Å². The van der Waals surface area contributed by atoms with Gasteiger partial charge in [0.2, 0.25) is 0 Å². The van der Waals surface area contributed by atoms with E-state index in [1.165, 1.54) is 0 Å². The second kappa shape index (κ2) is 7.58. The third kappa shape index (κ3) is 7.80. The summed E-state index contributed by atoms with van der Waals surface area (Å²) in [4.78, 5) is 4.21. The van der Waals surface area contributed by atoms with Crippen LogP contribution in [0.5, 0.6) is 0 Å². The lowest BCUT2D eigenvalue weighted by molar-refractivity contribution is 0.0871. The summed E-state index contributed by atoms with van der Waals surface area (Å²) in [6, 6.07) is 1.15. The average molecular weight is 330 g/mol. The zero-order valence-corrected chi connectivity index (χ0v) is 15.7. The van der Waals surface area contributed by atoms with Gasteiger partial charge in [0.05, 0.1) is 6.33 Å². The standard InChI is InChI=1S/C14H27N3O2SSi/c1-14(2,3)20(18)16-9-13-10-17(11-15-13)12-19-7-8-21(4,5)6/h9-11H,7-8,12H2,1-6H3/b16-9+. The quantitative estimate of drug-likeness (QED) is 0.334. The Hall–Kier alpha value is -0.633. The molecule has 1 heterocycles. The van der Waals surface area contributed by atoms with Crippen LogP contribution >= 0.6 is 0 Å². The van der Waals surface area contributed by atoms with Crippen molar-refractivity contribution in [3.63, 3.8) is 0 Å². The predicted molar refractivity (Wildman–Crippen MR) is 91.8 cm³/mol. The second-order valence-corrected chi connectivity index (χ2v) is 14.8. The van der Waals surface area contributed by atoms with Crippen molar-refractivity contribution in [2.24, 2.45) is 4.40 Å². The van der Waals surface area contributed by atoms with Crippen molar-refractivity contribution in [3.8, 4) is 0 Å². The Labute approximate surface area is 132 Å². The van der Waals surface area contributed by atoms with Crippen LogP contribution in [0.4, 0.5) is 0 Å². The van der Waals surface area contributed by atoms with Crippen molar-refractivity contribution in [1.29, 1.82) is 0 Å². The summed E-state index contributed by atoms with van der Waals surface area (Å²) in [6.45, 7) is 14.0. The third-order valence-corrected chi connectivity index (χ3v) is 5.74. The molecule has 1 atom stereocenters. The van der Waals surface area contributed by atoms with Gasteiger partial charge in [-0.1, -0.05) is 24.0 Å². The van der Waals surface area contributed by atoms with E-state index in [2.05, 4.69) is 29.0 Å². The minimum Gasteiger partial charge on any atom is -0.591 e. The maximum atomic E-state index is 11.8. The van der Waals surface area contributed by atoms with Crippen molar-refractivity contribution >= 4 is 25.7 Å². The number of ether oxygens (including phenoxy) is 1. The van der Waals surface area contributed by atoms with E-state index in [1.807, 2.05) is 31.5 Å². The molecule has 0 saturated carbocycles. The van der Waals surface area contributed by atoms with Crippen LogP contribution in [-0.2, 0) is 22.8 Å². The zero-order chi connectivity index (χ0) is 16.1. The topological polar surface area (TPSA) is 62.5 Å². The lowest BCUT2D eigenvalue weighted by Gasteiger charge is -2.17. The number of aromatic nitrogens is 2. The molecule has 0 aromatic carbocycles. The molecule has 21 heavy (non-hydrogen) atoms. The molecule has 0 saturated heterocycles. The van der Waals surface area contributed by atoms with Gasteiger partial charge in [-0.05, 0) is 26.8 Å². The molecule has 0 fully saturated rings. The first kappa shape index (κ1) is 18.4. The van der Waals surface area contributed by atoms with Gasteiger partial charge in [0.15, 0.2) is 0 Å². The van der Waals surface area contributed by atoms with Crippen molar-refractivity contribution in [2.45, 2.75) is 57.9 Å². The van der Waals surface area contributed by atoms with Gasteiger partial charge >= 0.3 is 0 Å². The normalized spacial score (nSPS) is 14.8. The lowest BCUT2D eigenvalue weighted by Crippen LogP contribution is -2.25. The van der Waals surface area contributed by atoms with E-state index in [1.54, 1.807) is 12.5 Å². The first-order valence-corrected chi connectivity index (χ1v) is 11.9. The molecular weight excluding hydrogens is 302 g/mol. The van der Waals surface area contributed by atoms with Crippen molar-refractivity contribution in [3.05, 3.63) is 18.2 Å². The number of hydrogen-bond acceptors (Lipinski definition) is 4. The number of imidazole rings is 1. The lowest BCUT2D eigenvalue weighted by atomic mass is 10.3. The zero-order valence-electron chi connectivity index (χ0n) is 13.9. The van der Waals surface area contributed by atoms with E-state index in [9.17, 15) is 4.55 Å². The van der Waals surface area contributed by atoms with Gasteiger partial charge in [0, 0.05) is 20.9 Å². The van der Waals surface area contributed by atoms with E-state index in [0.717, 1.165) is 12.7 Å². The molecule has 1 unspecified atom stereocenters. The van der Waals surface area contributed by atoms with Crippen LogP contribution in [0.25, 0.3) is 0 Å². The summed E-state index contributed by atoms with van der Waals surface area (Å²) in [7, 11) is -1.04. The molecule has 5 nitrogen and oxygen atoms in total. The highest BCUT2D eigenvalue weighted by atomic mass is 32.2. The van der Waals surface area contributed by atoms with Crippen LogP contribution < -0.4 is 0 Å². The van der Waals surface area contributed by atoms with Crippen molar-refractivity contribution in [1.82, 2.24) is 9.55 Å². The van der Waals surface area contributed by atoms with Crippen molar-refractivity contribution < 1.29 is 9.29 Å². The van der Waals surface area contributed by atoms with Gasteiger partial charge in [-0.3, -0.25) is 0 Å². The molecule has 0 aliphatic carbocycles. The molecule has 7 heteroatoms. The maximum Gasteiger partial charge on any atom is 0.144 e. The van der Waals surface area contributed by atoms with Crippen LogP contribution in [0.1, 0.15) is 26.5 Å². The summed E-state index contributed by atoms with van der Waals surface area (Å²) in [5, 5.41) is 0. The Morgan fingerprint density at radius 3 is 2.67 bits per heavy atom. The largest absolute Gasteiger partial charge is 0.591 e. The Morgan fingerprint density at radius 1 is 1.43 bits per heavy atom. The highest BCUT2D eigenvalue weighted by molar-refractivity contribution is 7.91. The first-order valence-electron chi connectivity index (χ1n) is 7.13. The van der Waals surface area contributed by atoms with Crippen LogP contribution in [0.2, 0.25) is 25.7 Å². The Morgan fingerprint density at radius 2 is 2.10 bits per heavy atom. The number of rotatable bonds is 7. The van der Waals surface area contributed by atoms with Gasteiger partial charge in [-0.25, -0.2) is 4.98 Å². The summed E-state index contributed by atoms with van der Waals surface area (Å²) < 4.78 is 23.0. The summed E-state index contributed by atoms with van der Waals surface area (Å²) in [6.07, 6.45) is 5.10. The molecule has 0 amide bonds. The van der Waals surface area contributed by atoms with Crippen LogP contribution in [0, 0.1) is 0 Å². The minimum absolute atomic E-state index is 0.348.